The molecule has 1 aliphatic heterocycles. The van der Waals surface area contributed by atoms with Crippen molar-refractivity contribution >= 4 is 0 Å². The van der Waals surface area contributed by atoms with Gasteiger partial charge in [-0.15, -0.1) is 0 Å². The van der Waals surface area contributed by atoms with E-state index < -0.39 is 0 Å². The fourth-order valence-corrected chi connectivity index (χ4v) is 3.98. The minimum absolute atomic E-state index is 0.483. The van der Waals surface area contributed by atoms with Gasteiger partial charge in [0.05, 0.1) is 13.2 Å². The van der Waals surface area contributed by atoms with Gasteiger partial charge in [-0.25, -0.2) is 0 Å². The number of benzene rings is 1. The molecule has 1 N–H and O–H groups in total. The van der Waals surface area contributed by atoms with Crippen molar-refractivity contribution in [3.8, 4) is 5.75 Å². The first kappa shape index (κ1) is 13.6. The molecule has 1 heterocycles. The summed E-state index contributed by atoms with van der Waals surface area (Å²) in [4.78, 5) is 0. The molecule has 0 spiro atoms. The van der Waals surface area contributed by atoms with Crippen molar-refractivity contribution in [1.82, 2.24) is 5.32 Å². The highest BCUT2D eigenvalue weighted by atomic mass is 16.5. The Morgan fingerprint density at radius 2 is 2.05 bits per heavy atom. The Bertz CT molecular complexity index is 512. The molecule has 3 unspecified atom stereocenters. The Morgan fingerprint density at radius 1 is 1.14 bits per heavy atom. The summed E-state index contributed by atoms with van der Waals surface area (Å²) < 4.78 is 11.3. The van der Waals surface area contributed by atoms with Crippen LogP contribution in [0.1, 0.15) is 36.8 Å². The molecule has 3 atom stereocenters. The normalized spacial score (nSPS) is 32.0. The van der Waals surface area contributed by atoms with Crippen LogP contribution in [0.4, 0.5) is 0 Å². The van der Waals surface area contributed by atoms with E-state index >= 15 is 0 Å². The summed E-state index contributed by atoms with van der Waals surface area (Å²) in [6.07, 6.45) is 7.95. The summed E-state index contributed by atoms with van der Waals surface area (Å²) in [6.45, 7) is 0.940. The van der Waals surface area contributed by atoms with E-state index in [4.69, 9.17) is 9.47 Å². The number of aryl methyl sites for hydroxylation is 1. The molecule has 0 radical (unpaired) electrons. The summed E-state index contributed by atoms with van der Waals surface area (Å²) in [5.41, 5.74) is 2.95. The Labute approximate surface area is 127 Å². The molecular formula is C18H25NO2. The predicted octanol–water partition coefficient (Wildman–Crippen LogP) is 2.71. The third kappa shape index (κ3) is 2.82. The molecule has 2 aliphatic carbocycles. The second-order valence-corrected chi connectivity index (χ2v) is 6.81. The van der Waals surface area contributed by atoms with Crippen molar-refractivity contribution in [3.05, 3.63) is 29.3 Å². The molecule has 21 heavy (non-hydrogen) atoms. The number of ether oxygens (including phenoxy) is 2. The maximum absolute atomic E-state index is 5.95. The molecule has 1 saturated heterocycles. The SMILES string of the molecule is COc1ccc2c(c1)CC(NC1CCOC1C1CC1)CC2. The molecule has 0 aromatic heterocycles. The van der Waals surface area contributed by atoms with E-state index in [-0.39, 0.29) is 0 Å². The zero-order chi connectivity index (χ0) is 14.2. The molecule has 1 aromatic rings. The number of hydrogen-bond acceptors (Lipinski definition) is 3. The van der Waals surface area contributed by atoms with Crippen LogP contribution >= 0.6 is 0 Å². The molecule has 3 heteroatoms. The molecule has 1 saturated carbocycles. The second kappa shape index (κ2) is 5.62. The van der Waals surface area contributed by atoms with Gasteiger partial charge in [0, 0.05) is 18.7 Å². The van der Waals surface area contributed by atoms with Crippen molar-refractivity contribution in [3.63, 3.8) is 0 Å². The third-order valence-corrected chi connectivity index (χ3v) is 5.31. The van der Waals surface area contributed by atoms with E-state index in [2.05, 4.69) is 23.5 Å². The summed E-state index contributed by atoms with van der Waals surface area (Å²) in [5.74, 6) is 1.82. The monoisotopic (exact) mass is 287 g/mol. The van der Waals surface area contributed by atoms with Crippen LogP contribution in [0.2, 0.25) is 0 Å². The third-order valence-electron chi connectivity index (χ3n) is 5.31. The van der Waals surface area contributed by atoms with Gasteiger partial charge in [-0.3, -0.25) is 0 Å². The Hall–Kier alpha value is -1.06. The Morgan fingerprint density at radius 3 is 2.86 bits per heavy atom. The molecule has 2 fully saturated rings. The number of nitrogens with one attached hydrogen (secondary N) is 1. The quantitative estimate of drug-likeness (QED) is 0.923. The lowest BCUT2D eigenvalue weighted by Crippen LogP contribution is -2.46. The minimum atomic E-state index is 0.483. The van der Waals surface area contributed by atoms with E-state index in [0.29, 0.717) is 18.2 Å². The molecular weight excluding hydrogens is 262 g/mol. The van der Waals surface area contributed by atoms with Crippen molar-refractivity contribution in [2.24, 2.45) is 5.92 Å². The van der Waals surface area contributed by atoms with Gasteiger partial charge < -0.3 is 14.8 Å². The smallest absolute Gasteiger partial charge is 0.119 e. The van der Waals surface area contributed by atoms with Crippen LogP contribution in [0.5, 0.6) is 5.75 Å². The van der Waals surface area contributed by atoms with Crippen molar-refractivity contribution in [1.29, 1.82) is 0 Å². The number of hydrogen-bond donors (Lipinski definition) is 1. The van der Waals surface area contributed by atoms with E-state index in [0.717, 1.165) is 24.7 Å². The fraction of sp³-hybridized carbons (Fsp3) is 0.667. The van der Waals surface area contributed by atoms with Crippen LogP contribution in [0.25, 0.3) is 0 Å². The van der Waals surface area contributed by atoms with Crippen LogP contribution in [0.3, 0.4) is 0 Å². The number of fused-ring (bicyclic) bond motifs is 1. The molecule has 1 aromatic carbocycles. The Balaban J connectivity index is 1.42. The number of rotatable bonds is 4. The highest BCUT2D eigenvalue weighted by Gasteiger charge is 2.41. The summed E-state index contributed by atoms with van der Waals surface area (Å²) in [7, 11) is 1.75. The summed E-state index contributed by atoms with van der Waals surface area (Å²) >= 11 is 0. The average molecular weight is 287 g/mol. The lowest BCUT2D eigenvalue weighted by atomic mass is 9.87. The molecule has 0 bridgehead atoms. The van der Waals surface area contributed by atoms with E-state index in [9.17, 15) is 0 Å². The van der Waals surface area contributed by atoms with Gasteiger partial charge in [-0.2, -0.15) is 0 Å². The van der Waals surface area contributed by atoms with Crippen LogP contribution in [0, 0.1) is 5.92 Å². The van der Waals surface area contributed by atoms with Crippen LogP contribution in [-0.4, -0.2) is 31.9 Å². The van der Waals surface area contributed by atoms with E-state index in [1.807, 2.05) is 0 Å². The van der Waals surface area contributed by atoms with Gasteiger partial charge in [0.25, 0.3) is 0 Å². The first-order chi connectivity index (χ1) is 10.3. The molecule has 114 valence electrons. The maximum Gasteiger partial charge on any atom is 0.119 e. The lowest BCUT2D eigenvalue weighted by molar-refractivity contribution is 0.0784. The van der Waals surface area contributed by atoms with Crippen LogP contribution < -0.4 is 10.1 Å². The average Bonchev–Trinajstić information content (AvgIpc) is 3.26. The zero-order valence-corrected chi connectivity index (χ0v) is 12.8. The Kier molecular flexibility index (Phi) is 3.64. The number of methoxy groups -OCH3 is 1. The zero-order valence-electron chi connectivity index (χ0n) is 12.8. The lowest BCUT2D eigenvalue weighted by Gasteiger charge is -2.30. The van der Waals surface area contributed by atoms with Gasteiger partial charge >= 0.3 is 0 Å². The largest absolute Gasteiger partial charge is 0.497 e. The van der Waals surface area contributed by atoms with Gasteiger partial charge in [-0.05, 0) is 67.7 Å². The van der Waals surface area contributed by atoms with Crippen molar-refractivity contribution < 1.29 is 9.47 Å². The predicted molar refractivity (Wildman–Crippen MR) is 82.8 cm³/mol. The van der Waals surface area contributed by atoms with E-state index in [1.165, 1.54) is 43.2 Å². The van der Waals surface area contributed by atoms with Crippen LogP contribution in [-0.2, 0) is 17.6 Å². The molecule has 4 rings (SSSR count). The minimum Gasteiger partial charge on any atom is -0.497 e. The standard InChI is InChI=1S/C18H25NO2/c1-20-16-7-5-12-4-6-15(10-14(12)11-16)19-17-8-9-21-18(17)13-2-3-13/h5,7,11,13,15,17-19H,2-4,6,8-10H2,1H3. The van der Waals surface area contributed by atoms with Gasteiger partial charge in [0.2, 0.25) is 0 Å². The topological polar surface area (TPSA) is 30.5 Å². The molecule has 3 nitrogen and oxygen atoms in total. The first-order valence-electron chi connectivity index (χ1n) is 8.37. The summed E-state index contributed by atoms with van der Waals surface area (Å²) in [5, 5.41) is 3.90. The van der Waals surface area contributed by atoms with E-state index in [1.54, 1.807) is 7.11 Å². The van der Waals surface area contributed by atoms with Gasteiger partial charge in [0.1, 0.15) is 5.75 Å². The van der Waals surface area contributed by atoms with Gasteiger partial charge in [-0.1, -0.05) is 6.07 Å². The van der Waals surface area contributed by atoms with Crippen molar-refractivity contribution in [2.45, 2.75) is 56.7 Å². The van der Waals surface area contributed by atoms with Crippen LogP contribution in [0.15, 0.2) is 18.2 Å². The fourth-order valence-electron chi connectivity index (χ4n) is 3.98. The van der Waals surface area contributed by atoms with Crippen molar-refractivity contribution in [2.75, 3.05) is 13.7 Å². The molecule has 0 amide bonds. The molecule has 3 aliphatic rings. The second-order valence-electron chi connectivity index (χ2n) is 6.81. The first-order valence-corrected chi connectivity index (χ1v) is 8.37. The highest BCUT2D eigenvalue weighted by molar-refractivity contribution is 5.37. The highest BCUT2D eigenvalue weighted by Crippen LogP contribution is 2.39. The maximum atomic E-state index is 5.95. The van der Waals surface area contributed by atoms with Gasteiger partial charge in [0.15, 0.2) is 0 Å². The summed E-state index contributed by atoms with van der Waals surface area (Å²) in [6, 6.07) is 7.70.